The van der Waals surface area contributed by atoms with Crippen molar-refractivity contribution in [3.05, 3.63) is 27.4 Å². The van der Waals surface area contributed by atoms with E-state index in [2.05, 4.69) is 9.97 Å². The van der Waals surface area contributed by atoms with Gasteiger partial charge in [0.1, 0.15) is 5.52 Å². The average molecular weight is 253 g/mol. The quantitative estimate of drug-likeness (QED) is 0.820. The number of aromatic amines is 2. The molecule has 0 aliphatic carbocycles. The number of ether oxygens (including phenoxy) is 1. The number of fused-ring (bicyclic) bond motifs is 1. The maximum Gasteiger partial charge on any atom is 0.276 e. The Morgan fingerprint density at radius 1 is 1.53 bits per heavy atom. The summed E-state index contributed by atoms with van der Waals surface area (Å²) in [7, 11) is 1.66. The summed E-state index contributed by atoms with van der Waals surface area (Å²) in [6.07, 6.45) is 1.73. The van der Waals surface area contributed by atoms with E-state index in [9.17, 15) is 4.79 Å². The predicted molar refractivity (Wildman–Crippen MR) is 68.8 cm³/mol. The molecule has 0 radical (unpaired) electrons. The van der Waals surface area contributed by atoms with Crippen molar-refractivity contribution in [2.75, 3.05) is 7.11 Å². The molecule has 17 heavy (non-hydrogen) atoms. The van der Waals surface area contributed by atoms with Crippen LogP contribution in [0, 0.1) is 4.77 Å². The van der Waals surface area contributed by atoms with Gasteiger partial charge in [-0.25, -0.2) is 0 Å². The first-order valence-corrected chi connectivity index (χ1v) is 5.71. The Kier molecular flexibility index (Phi) is 2.92. The topological polar surface area (TPSA) is 62.8 Å². The van der Waals surface area contributed by atoms with Crippen molar-refractivity contribution in [2.24, 2.45) is 0 Å². The van der Waals surface area contributed by atoms with Gasteiger partial charge in [-0.3, -0.25) is 9.78 Å². The Balaban J connectivity index is 2.65. The number of nitrogens with zero attached hydrogens (tertiary/aromatic N) is 1. The fraction of sp³-hybridized carbons (Fsp3) is 0.455. The highest BCUT2D eigenvalue weighted by Crippen LogP contribution is 2.15. The van der Waals surface area contributed by atoms with Crippen molar-refractivity contribution in [1.29, 1.82) is 0 Å². The van der Waals surface area contributed by atoms with Crippen LogP contribution in [0.3, 0.4) is 0 Å². The van der Waals surface area contributed by atoms with Gasteiger partial charge in [0.05, 0.1) is 17.7 Å². The molecule has 92 valence electrons. The van der Waals surface area contributed by atoms with Crippen LogP contribution >= 0.6 is 12.2 Å². The molecule has 0 saturated carbocycles. The normalized spacial score (nSPS) is 12.2. The predicted octanol–water partition coefficient (Wildman–Crippen LogP) is 1.81. The van der Waals surface area contributed by atoms with Crippen LogP contribution in [-0.4, -0.2) is 27.2 Å². The fourth-order valence-corrected chi connectivity index (χ4v) is 1.96. The number of methoxy groups -OCH3 is 1. The zero-order valence-corrected chi connectivity index (χ0v) is 10.9. The van der Waals surface area contributed by atoms with Gasteiger partial charge < -0.3 is 14.3 Å². The molecule has 0 spiro atoms. The van der Waals surface area contributed by atoms with E-state index >= 15 is 0 Å². The number of H-pyrrole nitrogens is 2. The smallest absolute Gasteiger partial charge is 0.276 e. The van der Waals surface area contributed by atoms with Gasteiger partial charge in [-0.1, -0.05) is 0 Å². The number of hydrogen-bond acceptors (Lipinski definition) is 3. The molecule has 2 heterocycles. The second kappa shape index (κ2) is 4.12. The van der Waals surface area contributed by atoms with Crippen LogP contribution in [0.5, 0.6) is 0 Å². The summed E-state index contributed by atoms with van der Waals surface area (Å²) in [6, 6.07) is 1.84. The standard InChI is InChI=1S/C11H15N3O2S/c1-11(2,16-3)6-14-7-4-5-12-8(7)9(15)13-10(14)17/h4-5,12H,6H2,1-3H3,(H,13,15,17). The van der Waals surface area contributed by atoms with E-state index < -0.39 is 0 Å². The number of rotatable bonds is 3. The monoisotopic (exact) mass is 253 g/mol. The molecule has 5 nitrogen and oxygen atoms in total. The van der Waals surface area contributed by atoms with Gasteiger partial charge in [0.15, 0.2) is 4.77 Å². The Labute approximate surface area is 103 Å². The maximum atomic E-state index is 11.6. The van der Waals surface area contributed by atoms with Gasteiger partial charge in [-0.15, -0.1) is 0 Å². The minimum atomic E-state index is -0.347. The van der Waals surface area contributed by atoms with E-state index in [1.807, 2.05) is 24.5 Å². The van der Waals surface area contributed by atoms with Gasteiger partial charge in [-0.2, -0.15) is 0 Å². The zero-order chi connectivity index (χ0) is 12.6. The summed E-state index contributed by atoms with van der Waals surface area (Å²) in [5.41, 5.74) is 0.788. The lowest BCUT2D eigenvalue weighted by Crippen LogP contribution is -2.30. The minimum absolute atomic E-state index is 0.193. The highest BCUT2D eigenvalue weighted by molar-refractivity contribution is 7.71. The van der Waals surface area contributed by atoms with E-state index in [4.69, 9.17) is 17.0 Å². The SMILES string of the molecule is COC(C)(C)Cn1c(=S)[nH]c(=O)c2[nH]ccc21. The van der Waals surface area contributed by atoms with E-state index in [0.29, 0.717) is 16.8 Å². The molecule has 2 aromatic heterocycles. The van der Waals surface area contributed by atoms with E-state index in [-0.39, 0.29) is 11.2 Å². The van der Waals surface area contributed by atoms with Gasteiger partial charge >= 0.3 is 0 Å². The lowest BCUT2D eigenvalue weighted by atomic mass is 10.1. The number of hydrogen-bond donors (Lipinski definition) is 2. The van der Waals surface area contributed by atoms with E-state index in [1.54, 1.807) is 13.3 Å². The van der Waals surface area contributed by atoms with Crippen LogP contribution in [0.2, 0.25) is 0 Å². The van der Waals surface area contributed by atoms with Crippen molar-refractivity contribution in [2.45, 2.75) is 26.0 Å². The van der Waals surface area contributed by atoms with Crippen LogP contribution in [0.4, 0.5) is 0 Å². The lowest BCUT2D eigenvalue weighted by Gasteiger charge is -2.24. The molecule has 0 amide bonds. The molecule has 0 aliphatic heterocycles. The second-order valence-corrected chi connectivity index (χ2v) is 4.93. The first-order valence-electron chi connectivity index (χ1n) is 5.30. The van der Waals surface area contributed by atoms with Crippen molar-refractivity contribution < 1.29 is 4.74 Å². The molecular formula is C11H15N3O2S. The zero-order valence-electron chi connectivity index (χ0n) is 10.0. The van der Waals surface area contributed by atoms with Gasteiger partial charge in [0, 0.05) is 13.3 Å². The third-order valence-electron chi connectivity index (χ3n) is 2.80. The van der Waals surface area contributed by atoms with Gasteiger partial charge in [0.2, 0.25) is 0 Å². The summed E-state index contributed by atoms with van der Waals surface area (Å²) in [5, 5.41) is 0. The Hall–Kier alpha value is -1.40. The van der Waals surface area contributed by atoms with Crippen molar-refractivity contribution in [3.63, 3.8) is 0 Å². The van der Waals surface area contributed by atoms with Crippen LogP contribution < -0.4 is 5.56 Å². The Morgan fingerprint density at radius 2 is 2.24 bits per heavy atom. The molecule has 2 N–H and O–H groups in total. The summed E-state index contributed by atoms with van der Waals surface area (Å²) < 4.78 is 7.66. The van der Waals surface area contributed by atoms with Crippen molar-refractivity contribution in [3.8, 4) is 0 Å². The maximum absolute atomic E-state index is 11.6. The third kappa shape index (κ3) is 2.18. The number of nitrogens with one attached hydrogen (secondary N) is 2. The molecular weight excluding hydrogens is 238 g/mol. The molecule has 0 fully saturated rings. The van der Waals surface area contributed by atoms with Crippen molar-refractivity contribution in [1.82, 2.24) is 14.5 Å². The average Bonchev–Trinajstić information content (AvgIpc) is 2.73. The third-order valence-corrected chi connectivity index (χ3v) is 3.12. The summed E-state index contributed by atoms with van der Waals surface area (Å²) >= 11 is 5.19. The van der Waals surface area contributed by atoms with Crippen LogP contribution in [-0.2, 0) is 11.3 Å². The fourth-order valence-electron chi connectivity index (χ4n) is 1.71. The summed E-state index contributed by atoms with van der Waals surface area (Å²) in [5.74, 6) is 0. The van der Waals surface area contributed by atoms with Crippen LogP contribution in [0.25, 0.3) is 11.0 Å². The Bertz CT molecular complexity index is 651. The molecule has 0 unspecified atom stereocenters. The molecule has 0 aliphatic rings. The van der Waals surface area contributed by atoms with Gasteiger partial charge in [-0.05, 0) is 32.1 Å². The van der Waals surface area contributed by atoms with E-state index in [1.165, 1.54) is 0 Å². The summed E-state index contributed by atoms with van der Waals surface area (Å²) in [6.45, 7) is 4.52. The molecule has 2 aromatic rings. The highest BCUT2D eigenvalue weighted by Gasteiger charge is 2.19. The van der Waals surface area contributed by atoms with Crippen LogP contribution in [0.15, 0.2) is 17.1 Å². The van der Waals surface area contributed by atoms with Gasteiger partial charge in [0.25, 0.3) is 5.56 Å². The molecule has 0 bridgehead atoms. The van der Waals surface area contributed by atoms with E-state index in [0.717, 1.165) is 5.52 Å². The summed E-state index contributed by atoms with van der Waals surface area (Å²) in [4.78, 5) is 17.2. The first-order chi connectivity index (χ1) is 7.94. The van der Waals surface area contributed by atoms with Crippen molar-refractivity contribution >= 4 is 23.3 Å². The van der Waals surface area contributed by atoms with Crippen LogP contribution in [0.1, 0.15) is 13.8 Å². The second-order valence-electron chi connectivity index (χ2n) is 4.55. The molecule has 0 atom stereocenters. The lowest BCUT2D eigenvalue weighted by molar-refractivity contribution is 0.00850. The largest absolute Gasteiger partial charge is 0.377 e. The molecule has 0 aromatic carbocycles. The molecule has 2 rings (SSSR count). The molecule has 0 saturated heterocycles. The Morgan fingerprint density at radius 3 is 2.88 bits per heavy atom. The number of aromatic nitrogens is 3. The highest BCUT2D eigenvalue weighted by atomic mass is 32.1. The minimum Gasteiger partial charge on any atom is -0.377 e. The first kappa shape index (κ1) is 12.1. The molecule has 6 heteroatoms.